The van der Waals surface area contributed by atoms with E-state index in [-0.39, 0.29) is 12.5 Å². The number of ether oxygens (including phenoxy) is 1. The lowest BCUT2D eigenvalue weighted by molar-refractivity contribution is -0.118. The Labute approximate surface area is 146 Å². The Bertz CT molecular complexity index is 724. The summed E-state index contributed by atoms with van der Waals surface area (Å²) in [6, 6.07) is 9.81. The van der Waals surface area contributed by atoms with Gasteiger partial charge in [0.25, 0.3) is 5.91 Å². The van der Waals surface area contributed by atoms with Crippen LogP contribution < -0.4 is 15.8 Å². The van der Waals surface area contributed by atoms with E-state index in [1.807, 2.05) is 13.0 Å². The van der Waals surface area contributed by atoms with E-state index in [1.54, 1.807) is 18.2 Å². The molecule has 2 aromatic carbocycles. The van der Waals surface area contributed by atoms with E-state index in [9.17, 15) is 9.59 Å². The van der Waals surface area contributed by atoms with Crippen LogP contribution in [0.4, 0.5) is 5.69 Å². The van der Waals surface area contributed by atoms with E-state index in [0.717, 1.165) is 10.0 Å². The minimum Gasteiger partial charge on any atom is -0.482 e. The van der Waals surface area contributed by atoms with Crippen LogP contribution >= 0.6 is 27.5 Å². The van der Waals surface area contributed by atoms with Crippen LogP contribution in [0.1, 0.15) is 15.9 Å². The number of nitrogens with one attached hydrogen (secondary N) is 1. The molecule has 0 spiro atoms. The van der Waals surface area contributed by atoms with Crippen molar-refractivity contribution in [2.75, 3.05) is 11.9 Å². The van der Waals surface area contributed by atoms with Crippen molar-refractivity contribution in [2.45, 2.75) is 6.92 Å². The first-order chi connectivity index (χ1) is 10.9. The third-order valence-corrected chi connectivity index (χ3v) is 3.73. The Morgan fingerprint density at radius 1 is 1.26 bits per heavy atom. The Morgan fingerprint density at radius 2 is 1.91 bits per heavy atom. The fraction of sp³-hybridized carbons (Fsp3) is 0.125. The smallest absolute Gasteiger partial charge is 0.262 e. The van der Waals surface area contributed by atoms with Crippen LogP contribution in [0.2, 0.25) is 5.02 Å². The number of anilines is 1. The molecule has 0 saturated heterocycles. The monoisotopic (exact) mass is 396 g/mol. The molecule has 2 rings (SSSR count). The highest BCUT2D eigenvalue weighted by Gasteiger charge is 2.10. The average molecular weight is 398 g/mol. The molecule has 2 aromatic rings. The molecule has 5 nitrogen and oxygen atoms in total. The van der Waals surface area contributed by atoms with Crippen molar-refractivity contribution in [1.82, 2.24) is 0 Å². The van der Waals surface area contributed by atoms with Gasteiger partial charge < -0.3 is 15.8 Å². The van der Waals surface area contributed by atoms with Crippen molar-refractivity contribution in [2.24, 2.45) is 5.73 Å². The average Bonchev–Trinajstić information content (AvgIpc) is 2.46. The minimum absolute atomic E-state index is 0.181. The van der Waals surface area contributed by atoms with Gasteiger partial charge >= 0.3 is 0 Å². The molecule has 0 aliphatic heterocycles. The maximum Gasteiger partial charge on any atom is 0.262 e. The lowest BCUT2D eigenvalue weighted by Gasteiger charge is -2.12. The van der Waals surface area contributed by atoms with Gasteiger partial charge in [0.2, 0.25) is 5.91 Å². The maximum absolute atomic E-state index is 11.9. The molecule has 0 saturated carbocycles. The lowest BCUT2D eigenvalue weighted by atomic mass is 10.2. The predicted octanol–water partition coefficient (Wildman–Crippen LogP) is 3.53. The Hall–Kier alpha value is -2.05. The SMILES string of the molecule is Cc1cc(Br)cc(Cl)c1OCC(=O)Nc1ccc(C(N)=O)cc1. The second-order valence-electron chi connectivity index (χ2n) is 4.81. The first-order valence-corrected chi connectivity index (χ1v) is 7.82. The van der Waals surface area contributed by atoms with Crippen molar-refractivity contribution in [3.8, 4) is 5.75 Å². The summed E-state index contributed by atoms with van der Waals surface area (Å²) in [6.07, 6.45) is 0. The first kappa shape index (κ1) is 17.3. The summed E-state index contributed by atoms with van der Waals surface area (Å²) < 4.78 is 6.32. The Kier molecular flexibility index (Phi) is 5.63. The third kappa shape index (κ3) is 4.71. The molecular formula is C16H14BrClN2O3. The highest BCUT2D eigenvalue weighted by atomic mass is 79.9. The van der Waals surface area contributed by atoms with Crippen molar-refractivity contribution >= 4 is 45.0 Å². The minimum atomic E-state index is -0.522. The number of benzene rings is 2. The number of hydrogen-bond acceptors (Lipinski definition) is 3. The van der Waals surface area contributed by atoms with Crippen LogP contribution in [0.5, 0.6) is 5.75 Å². The van der Waals surface area contributed by atoms with Crippen LogP contribution in [0, 0.1) is 6.92 Å². The Balaban J connectivity index is 1.96. The number of nitrogens with two attached hydrogens (primary N) is 1. The van der Waals surface area contributed by atoms with E-state index < -0.39 is 5.91 Å². The van der Waals surface area contributed by atoms with E-state index in [2.05, 4.69) is 21.2 Å². The van der Waals surface area contributed by atoms with Gasteiger partial charge in [0, 0.05) is 15.7 Å². The summed E-state index contributed by atoms with van der Waals surface area (Å²) in [6.45, 7) is 1.66. The number of halogens is 2. The largest absolute Gasteiger partial charge is 0.482 e. The number of amides is 2. The normalized spacial score (nSPS) is 10.2. The van der Waals surface area contributed by atoms with Gasteiger partial charge in [-0.25, -0.2) is 0 Å². The molecule has 0 bridgehead atoms. The molecule has 7 heteroatoms. The molecule has 0 unspecified atom stereocenters. The van der Waals surface area contributed by atoms with Crippen molar-refractivity contribution < 1.29 is 14.3 Å². The highest BCUT2D eigenvalue weighted by molar-refractivity contribution is 9.10. The summed E-state index contributed by atoms with van der Waals surface area (Å²) in [5, 5.41) is 3.09. The molecule has 120 valence electrons. The molecule has 0 heterocycles. The van der Waals surface area contributed by atoms with Crippen molar-refractivity contribution in [1.29, 1.82) is 0 Å². The highest BCUT2D eigenvalue weighted by Crippen LogP contribution is 2.31. The van der Waals surface area contributed by atoms with Crippen LogP contribution in [-0.4, -0.2) is 18.4 Å². The van der Waals surface area contributed by atoms with Crippen LogP contribution in [-0.2, 0) is 4.79 Å². The number of aryl methyl sites for hydroxylation is 1. The van der Waals surface area contributed by atoms with Crippen LogP contribution in [0.3, 0.4) is 0 Å². The molecule has 0 aromatic heterocycles. The van der Waals surface area contributed by atoms with Gasteiger partial charge in [0.05, 0.1) is 5.02 Å². The van der Waals surface area contributed by atoms with E-state index >= 15 is 0 Å². The second kappa shape index (κ2) is 7.48. The standard InChI is InChI=1S/C16H14BrClN2O3/c1-9-6-11(17)7-13(18)15(9)23-8-14(21)20-12-4-2-10(3-5-12)16(19)22/h2-7H,8H2,1H3,(H2,19,22)(H,20,21). The fourth-order valence-electron chi connectivity index (χ4n) is 1.92. The number of carbonyl (C=O) groups is 2. The number of hydrogen-bond donors (Lipinski definition) is 2. The zero-order chi connectivity index (χ0) is 17.0. The van der Waals surface area contributed by atoms with Gasteiger partial charge in [-0.1, -0.05) is 27.5 Å². The van der Waals surface area contributed by atoms with E-state index in [0.29, 0.717) is 22.0 Å². The van der Waals surface area contributed by atoms with E-state index in [4.69, 9.17) is 22.1 Å². The van der Waals surface area contributed by atoms with Crippen molar-refractivity contribution in [3.63, 3.8) is 0 Å². The van der Waals surface area contributed by atoms with Gasteiger partial charge in [0.1, 0.15) is 5.75 Å². The quantitative estimate of drug-likeness (QED) is 0.810. The summed E-state index contributed by atoms with van der Waals surface area (Å²) in [7, 11) is 0. The lowest BCUT2D eigenvalue weighted by Crippen LogP contribution is -2.20. The van der Waals surface area contributed by atoms with Crippen molar-refractivity contribution in [3.05, 3.63) is 57.0 Å². The molecule has 3 N–H and O–H groups in total. The number of rotatable bonds is 5. The molecular weight excluding hydrogens is 384 g/mol. The second-order valence-corrected chi connectivity index (χ2v) is 6.13. The van der Waals surface area contributed by atoms with Gasteiger partial charge in [-0.15, -0.1) is 0 Å². The predicted molar refractivity (Wildman–Crippen MR) is 93.0 cm³/mol. The van der Waals surface area contributed by atoms with Gasteiger partial charge in [-0.2, -0.15) is 0 Å². The van der Waals surface area contributed by atoms with Crippen LogP contribution in [0.15, 0.2) is 40.9 Å². The third-order valence-electron chi connectivity index (χ3n) is 2.99. The zero-order valence-corrected chi connectivity index (χ0v) is 14.6. The van der Waals surface area contributed by atoms with Gasteiger partial charge in [-0.05, 0) is 48.9 Å². The topological polar surface area (TPSA) is 81.4 Å². The van der Waals surface area contributed by atoms with E-state index in [1.165, 1.54) is 12.1 Å². The zero-order valence-electron chi connectivity index (χ0n) is 12.2. The van der Waals surface area contributed by atoms with Gasteiger partial charge in [-0.3, -0.25) is 9.59 Å². The molecule has 2 amide bonds. The van der Waals surface area contributed by atoms with Crippen LogP contribution in [0.25, 0.3) is 0 Å². The fourth-order valence-corrected chi connectivity index (χ4v) is 2.95. The molecule has 23 heavy (non-hydrogen) atoms. The molecule has 0 radical (unpaired) electrons. The summed E-state index contributed by atoms with van der Waals surface area (Å²) in [5.41, 5.74) is 6.89. The summed E-state index contributed by atoms with van der Waals surface area (Å²) in [4.78, 5) is 22.9. The summed E-state index contributed by atoms with van der Waals surface area (Å²) in [5.74, 6) is -0.393. The summed E-state index contributed by atoms with van der Waals surface area (Å²) >= 11 is 9.43. The maximum atomic E-state index is 11.9. The number of carbonyl (C=O) groups excluding carboxylic acids is 2. The Morgan fingerprint density at radius 3 is 2.48 bits per heavy atom. The molecule has 0 aliphatic rings. The van der Waals surface area contributed by atoms with Gasteiger partial charge in [0.15, 0.2) is 6.61 Å². The molecule has 0 aliphatic carbocycles. The molecule has 0 fully saturated rings. The molecule has 0 atom stereocenters. The first-order valence-electron chi connectivity index (χ1n) is 6.65. The number of primary amides is 1.